The molecule has 1 aliphatic heterocycles. The molecule has 0 aliphatic carbocycles. The van der Waals surface area contributed by atoms with Crippen molar-refractivity contribution < 1.29 is 9.47 Å². The van der Waals surface area contributed by atoms with Crippen molar-refractivity contribution in [3.05, 3.63) is 76.1 Å². The summed E-state index contributed by atoms with van der Waals surface area (Å²) in [6, 6.07) is 18.4. The second kappa shape index (κ2) is 9.25. The topological polar surface area (TPSA) is 52.5 Å². The SMILES string of the molecule is Cc1ccc2cc(CN[C@@H]3CCOC(C)(C)C3)c(=O)n(CCOc3ccccc3)c2c1. The lowest BCUT2D eigenvalue weighted by Gasteiger charge is -2.36. The molecule has 1 atom stereocenters. The van der Waals surface area contributed by atoms with Gasteiger partial charge >= 0.3 is 0 Å². The molecule has 0 radical (unpaired) electrons. The molecular formula is C26H32N2O3. The number of aromatic nitrogens is 1. The van der Waals surface area contributed by atoms with Crippen molar-refractivity contribution in [2.75, 3.05) is 13.2 Å². The number of ether oxygens (including phenoxy) is 2. The molecule has 0 saturated carbocycles. The van der Waals surface area contributed by atoms with E-state index in [0.717, 1.165) is 47.2 Å². The van der Waals surface area contributed by atoms with Crippen LogP contribution < -0.4 is 15.6 Å². The summed E-state index contributed by atoms with van der Waals surface area (Å²) in [5.74, 6) is 0.816. The number of hydrogen-bond acceptors (Lipinski definition) is 4. The summed E-state index contributed by atoms with van der Waals surface area (Å²) in [6.07, 6.45) is 1.91. The van der Waals surface area contributed by atoms with E-state index in [2.05, 4.69) is 44.3 Å². The fourth-order valence-corrected chi connectivity index (χ4v) is 4.32. The molecule has 0 unspecified atom stereocenters. The number of rotatable bonds is 7. The van der Waals surface area contributed by atoms with E-state index >= 15 is 0 Å². The number of benzene rings is 2. The molecule has 0 spiro atoms. The highest BCUT2D eigenvalue weighted by Crippen LogP contribution is 2.24. The normalized spacial score (nSPS) is 18.2. The Morgan fingerprint density at radius 2 is 1.97 bits per heavy atom. The third kappa shape index (κ3) is 5.35. The maximum atomic E-state index is 13.4. The van der Waals surface area contributed by atoms with Gasteiger partial charge in [-0.25, -0.2) is 0 Å². The molecule has 1 N–H and O–H groups in total. The van der Waals surface area contributed by atoms with Gasteiger partial charge in [-0.1, -0.05) is 30.3 Å². The minimum absolute atomic E-state index is 0.0496. The van der Waals surface area contributed by atoms with Crippen molar-refractivity contribution in [1.29, 1.82) is 0 Å². The second-order valence-electron chi connectivity index (χ2n) is 9.03. The zero-order valence-corrected chi connectivity index (χ0v) is 18.7. The number of hydrogen-bond donors (Lipinski definition) is 1. The van der Waals surface area contributed by atoms with Gasteiger partial charge in [-0.3, -0.25) is 4.79 Å². The Balaban J connectivity index is 1.55. The van der Waals surface area contributed by atoms with Crippen LogP contribution in [0.5, 0.6) is 5.75 Å². The van der Waals surface area contributed by atoms with Crippen LogP contribution in [0.2, 0.25) is 0 Å². The molecule has 1 saturated heterocycles. The molecule has 31 heavy (non-hydrogen) atoms. The summed E-state index contributed by atoms with van der Waals surface area (Å²) < 4.78 is 13.6. The van der Waals surface area contributed by atoms with Crippen LogP contribution in [0.1, 0.15) is 37.8 Å². The van der Waals surface area contributed by atoms with E-state index < -0.39 is 0 Å². The first-order valence-electron chi connectivity index (χ1n) is 11.1. The van der Waals surface area contributed by atoms with Crippen LogP contribution in [0.25, 0.3) is 10.9 Å². The van der Waals surface area contributed by atoms with Crippen LogP contribution in [-0.2, 0) is 17.8 Å². The molecule has 1 aromatic heterocycles. The predicted octanol–water partition coefficient (Wildman–Crippen LogP) is 4.44. The van der Waals surface area contributed by atoms with E-state index in [0.29, 0.717) is 25.7 Å². The van der Waals surface area contributed by atoms with Crippen molar-refractivity contribution in [2.45, 2.75) is 58.3 Å². The standard InChI is InChI=1S/C26H32N2O3/c1-19-9-10-20-16-21(18-27-22-11-13-31-26(2,3)17-22)25(29)28(24(20)15-19)12-14-30-23-7-5-4-6-8-23/h4-10,15-16,22,27H,11-14,17-18H2,1-3H3/t22-/m1/s1. The second-order valence-corrected chi connectivity index (χ2v) is 9.03. The van der Waals surface area contributed by atoms with Gasteiger partial charge in [0.05, 0.1) is 17.7 Å². The molecule has 2 heterocycles. The number of pyridine rings is 1. The fourth-order valence-electron chi connectivity index (χ4n) is 4.32. The van der Waals surface area contributed by atoms with Crippen LogP contribution in [0.4, 0.5) is 0 Å². The Labute approximate surface area is 184 Å². The smallest absolute Gasteiger partial charge is 0.255 e. The average Bonchev–Trinajstić information content (AvgIpc) is 2.74. The summed E-state index contributed by atoms with van der Waals surface area (Å²) in [4.78, 5) is 13.4. The van der Waals surface area contributed by atoms with Crippen molar-refractivity contribution in [1.82, 2.24) is 9.88 Å². The molecule has 3 aromatic rings. The highest BCUT2D eigenvalue weighted by molar-refractivity contribution is 5.80. The largest absolute Gasteiger partial charge is 0.492 e. The number of nitrogens with one attached hydrogen (secondary N) is 1. The van der Waals surface area contributed by atoms with E-state index in [-0.39, 0.29) is 11.2 Å². The van der Waals surface area contributed by atoms with E-state index in [4.69, 9.17) is 9.47 Å². The van der Waals surface area contributed by atoms with E-state index in [1.165, 1.54) is 0 Å². The maximum absolute atomic E-state index is 13.4. The van der Waals surface area contributed by atoms with Gasteiger partial charge in [0.2, 0.25) is 0 Å². The lowest BCUT2D eigenvalue weighted by molar-refractivity contribution is -0.0630. The minimum atomic E-state index is -0.119. The first kappa shape index (κ1) is 21.6. The third-order valence-electron chi connectivity index (χ3n) is 5.93. The van der Waals surface area contributed by atoms with Gasteiger partial charge in [-0.15, -0.1) is 0 Å². The van der Waals surface area contributed by atoms with Gasteiger partial charge in [-0.2, -0.15) is 0 Å². The number of nitrogens with zero attached hydrogens (tertiary/aromatic N) is 1. The van der Waals surface area contributed by atoms with E-state index in [1.54, 1.807) is 0 Å². The molecule has 5 nitrogen and oxygen atoms in total. The maximum Gasteiger partial charge on any atom is 0.255 e. The summed E-state index contributed by atoms with van der Waals surface area (Å²) in [7, 11) is 0. The Morgan fingerprint density at radius 3 is 2.74 bits per heavy atom. The molecule has 1 aliphatic rings. The minimum Gasteiger partial charge on any atom is -0.492 e. The Hall–Kier alpha value is -2.63. The average molecular weight is 421 g/mol. The lowest BCUT2D eigenvalue weighted by Crippen LogP contribution is -2.44. The lowest BCUT2D eigenvalue weighted by atomic mass is 9.94. The van der Waals surface area contributed by atoms with Gasteiger partial charge in [-0.05, 0) is 68.8 Å². The number of fused-ring (bicyclic) bond motifs is 1. The molecule has 2 aromatic carbocycles. The van der Waals surface area contributed by atoms with Gasteiger partial charge in [0.15, 0.2) is 0 Å². The van der Waals surface area contributed by atoms with Crippen LogP contribution in [0.15, 0.2) is 59.4 Å². The summed E-state index contributed by atoms with van der Waals surface area (Å²) >= 11 is 0. The Bertz CT molecular complexity index is 1090. The summed E-state index contributed by atoms with van der Waals surface area (Å²) in [5, 5.41) is 4.67. The van der Waals surface area contributed by atoms with Gasteiger partial charge < -0.3 is 19.4 Å². The third-order valence-corrected chi connectivity index (χ3v) is 5.93. The highest BCUT2D eigenvalue weighted by atomic mass is 16.5. The Kier molecular flexibility index (Phi) is 6.44. The molecule has 1 fully saturated rings. The van der Waals surface area contributed by atoms with Crippen molar-refractivity contribution in [2.24, 2.45) is 0 Å². The van der Waals surface area contributed by atoms with Crippen molar-refractivity contribution >= 4 is 10.9 Å². The van der Waals surface area contributed by atoms with E-state index in [9.17, 15) is 4.79 Å². The number of aryl methyl sites for hydroxylation is 1. The first-order valence-corrected chi connectivity index (χ1v) is 11.1. The monoisotopic (exact) mass is 420 g/mol. The van der Waals surface area contributed by atoms with Gasteiger partial charge in [0, 0.05) is 24.8 Å². The van der Waals surface area contributed by atoms with Crippen LogP contribution in [0, 0.1) is 6.92 Å². The van der Waals surface area contributed by atoms with Crippen LogP contribution in [-0.4, -0.2) is 29.4 Å². The zero-order chi connectivity index (χ0) is 21.8. The molecule has 164 valence electrons. The first-order chi connectivity index (χ1) is 14.9. The van der Waals surface area contributed by atoms with Crippen LogP contribution in [0.3, 0.4) is 0 Å². The van der Waals surface area contributed by atoms with Gasteiger partial charge in [0.25, 0.3) is 5.56 Å². The van der Waals surface area contributed by atoms with Gasteiger partial charge in [0.1, 0.15) is 12.4 Å². The van der Waals surface area contributed by atoms with E-state index in [1.807, 2.05) is 41.0 Å². The summed E-state index contributed by atoms with van der Waals surface area (Å²) in [6.45, 7) is 8.56. The molecule has 5 heteroatoms. The van der Waals surface area contributed by atoms with Crippen molar-refractivity contribution in [3.63, 3.8) is 0 Å². The van der Waals surface area contributed by atoms with Crippen molar-refractivity contribution in [3.8, 4) is 5.75 Å². The molecule has 0 amide bonds. The predicted molar refractivity (Wildman–Crippen MR) is 125 cm³/mol. The zero-order valence-electron chi connectivity index (χ0n) is 18.7. The highest BCUT2D eigenvalue weighted by Gasteiger charge is 2.28. The fraction of sp³-hybridized carbons (Fsp3) is 0.423. The molecule has 4 rings (SSSR count). The summed E-state index contributed by atoms with van der Waals surface area (Å²) in [5.41, 5.74) is 2.82. The number of para-hydroxylation sites is 1. The molecule has 0 bridgehead atoms. The van der Waals surface area contributed by atoms with Crippen LogP contribution >= 0.6 is 0 Å². The Morgan fingerprint density at radius 1 is 1.16 bits per heavy atom. The quantitative estimate of drug-likeness (QED) is 0.614. The molecular weight excluding hydrogens is 388 g/mol.